The van der Waals surface area contributed by atoms with Crippen molar-refractivity contribution >= 4 is 16.0 Å². The molecule has 0 heterocycles. The Bertz CT molecular complexity index is 428. The summed E-state index contributed by atoms with van der Waals surface area (Å²) >= 11 is 0. The van der Waals surface area contributed by atoms with E-state index in [4.69, 9.17) is 0 Å². The van der Waals surface area contributed by atoms with E-state index in [-0.39, 0.29) is 0 Å². The van der Waals surface area contributed by atoms with Crippen LogP contribution in [0, 0.1) is 5.41 Å². The first kappa shape index (κ1) is 18.2. The minimum absolute atomic E-state index is 0.363. The molecule has 1 aliphatic carbocycles. The Labute approximate surface area is 129 Å². The Kier molecular flexibility index (Phi) is 7.45. The molecule has 0 radical (unpaired) electrons. The van der Waals surface area contributed by atoms with Crippen molar-refractivity contribution in [2.75, 3.05) is 32.4 Å². The van der Waals surface area contributed by atoms with Gasteiger partial charge in [-0.15, -0.1) is 0 Å². The predicted octanol–water partition coefficient (Wildman–Crippen LogP) is 1.06. The Morgan fingerprint density at radius 2 is 1.81 bits per heavy atom. The zero-order valence-corrected chi connectivity index (χ0v) is 14.4. The first-order valence-corrected chi connectivity index (χ1v) is 9.77. The van der Waals surface area contributed by atoms with Gasteiger partial charge >= 0.3 is 0 Å². The fraction of sp³-hybridized carbons (Fsp3) is 0.929. The van der Waals surface area contributed by atoms with E-state index in [0.29, 0.717) is 18.5 Å². The first-order chi connectivity index (χ1) is 9.91. The van der Waals surface area contributed by atoms with Crippen LogP contribution in [-0.4, -0.2) is 46.8 Å². The predicted molar refractivity (Wildman–Crippen MR) is 88.0 cm³/mol. The summed E-state index contributed by atoms with van der Waals surface area (Å²) in [5, 5.41) is 6.38. The second-order valence-electron chi connectivity index (χ2n) is 5.85. The van der Waals surface area contributed by atoms with E-state index < -0.39 is 10.0 Å². The number of hydrogen-bond acceptors (Lipinski definition) is 3. The molecule has 0 spiro atoms. The van der Waals surface area contributed by atoms with E-state index in [2.05, 4.69) is 27.3 Å². The van der Waals surface area contributed by atoms with Gasteiger partial charge in [-0.05, 0) is 31.6 Å². The molecule has 21 heavy (non-hydrogen) atoms. The molecule has 0 aromatic heterocycles. The van der Waals surface area contributed by atoms with Crippen LogP contribution in [0.5, 0.6) is 0 Å². The Hall–Kier alpha value is -0.820. The highest BCUT2D eigenvalue weighted by atomic mass is 32.2. The number of nitrogens with zero attached hydrogens (tertiary/aromatic N) is 1. The lowest BCUT2D eigenvalue weighted by atomic mass is 9.84. The monoisotopic (exact) mass is 318 g/mol. The standard InChI is InChI=1S/C14H30N4O2S/c1-4-14(8-6-7-9-14)12-17-13(15-5-2)16-10-11-18-21(3,19)20/h18H,4-12H2,1-3H3,(H2,15,16,17). The largest absolute Gasteiger partial charge is 0.357 e. The molecule has 0 aromatic carbocycles. The van der Waals surface area contributed by atoms with Crippen LogP contribution in [0.3, 0.4) is 0 Å². The zero-order valence-electron chi connectivity index (χ0n) is 13.5. The highest BCUT2D eigenvalue weighted by Gasteiger charge is 2.31. The second kappa shape index (κ2) is 8.58. The van der Waals surface area contributed by atoms with Gasteiger partial charge in [0.05, 0.1) is 6.26 Å². The van der Waals surface area contributed by atoms with E-state index >= 15 is 0 Å². The molecule has 6 nitrogen and oxygen atoms in total. The highest BCUT2D eigenvalue weighted by Crippen LogP contribution is 2.41. The fourth-order valence-corrected chi connectivity index (χ4v) is 3.23. The van der Waals surface area contributed by atoms with Crippen molar-refractivity contribution in [3.8, 4) is 0 Å². The number of guanidine groups is 1. The van der Waals surface area contributed by atoms with Crippen LogP contribution in [0.2, 0.25) is 0 Å². The summed E-state index contributed by atoms with van der Waals surface area (Å²) in [5.41, 5.74) is 0.368. The van der Waals surface area contributed by atoms with Gasteiger partial charge in [-0.2, -0.15) is 0 Å². The summed E-state index contributed by atoms with van der Waals surface area (Å²) in [6, 6.07) is 0. The van der Waals surface area contributed by atoms with Gasteiger partial charge in [0.15, 0.2) is 5.96 Å². The summed E-state index contributed by atoms with van der Waals surface area (Å²) < 4.78 is 24.5. The second-order valence-corrected chi connectivity index (χ2v) is 7.68. The van der Waals surface area contributed by atoms with Crippen molar-refractivity contribution in [2.45, 2.75) is 46.0 Å². The molecule has 0 aliphatic heterocycles. The molecule has 0 bridgehead atoms. The third-order valence-corrected chi connectivity index (χ3v) is 4.84. The van der Waals surface area contributed by atoms with Crippen LogP contribution in [0.25, 0.3) is 0 Å². The molecule has 0 aromatic rings. The summed E-state index contributed by atoms with van der Waals surface area (Å²) in [4.78, 5) is 4.69. The lowest BCUT2D eigenvalue weighted by Gasteiger charge is -2.25. The maximum Gasteiger partial charge on any atom is 0.208 e. The minimum atomic E-state index is -3.12. The molecule has 0 atom stereocenters. The van der Waals surface area contributed by atoms with Gasteiger partial charge in [-0.3, -0.25) is 4.99 Å². The van der Waals surface area contributed by atoms with E-state index in [0.717, 1.165) is 25.3 Å². The van der Waals surface area contributed by atoms with Crippen molar-refractivity contribution < 1.29 is 8.42 Å². The SMILES string of the molecule is CCNC(=NCC1(CC)CCCC1)NCCNS(C)(=O)=O. The number of sulfonamides is 1. The maximum absolute atomic E-state index is 11.0. The van der Waals surface area contributed by atoms with E-state index in [1.807, 2.05) is 6.92 Å². The van der Waals surface area contributed by atoms with Crippen molar-refractivity contribution in [3.63, 3.8) is 0 Å². The van der Waals surface area contributed by atoms with Crippen LogP contribution >= 0.6 is 0 Å². The van der Waals surface area contributed by atoms with Crippen LogP contribution in [0.4, 0.5) is 0 Å². The molecule has 0 unspecified atom stereocenters. The van der Waals surface area contributed by atoms with Gasteiger partial charge in [0.1, 0.15) is 0 Å². The van der Waals surface area contributed by atoms with Gasteiger partial charge in [-0.25, -0.2) is 13.1 Å². The van der Waals surface area contributed by atoms with Crippen molar-refractivity contribution in [3.05, 3.63) is 0 Å². The molecule has 1 rings (SSSR count). The molecular formula is C14H30N4O2S. The van der Waals surface area contributed by atoms with Crippen molar-refractivity contribution in [1.29, 1.82) is 0 Å². The lowest BCUT2D eigenvalue weighted by Crippen LogP contribution is -2.42. The summed E-state index contributed by atoms with van der Waals surface area (Å²) in [7, 11) is -3.12. The van der Waals surface area contributed by atoms with Gasteiger partial charge in [0.25, 0.3) is 0 Å². The van der Waals surface area contributed by atoms with Gasteiger partial charge in [-0.1, -0.05) is 19.8 Å². The quantitative estimate of drug-likeness (QED) is 0.355. The van der Waals surface area contributed by atoms with Crippen LogP contribution in [0.1, 0.15) is 46.0 Å². The Balaban J connectivity index is 2.45. The Morgan fingerprint density at radius 1 is 1.14 bits per heavy atom. The first-order valence-electron chi connectivity index (χ1n) is 7.87. The normalized spacial score (nSPS) is 18.7. The van der Waals surface area contributed by atoms with Gasteiger partial charge in [0.2, 0.25) is 10.0 Å². The topological polar surface area (TPSA) is 82.6 Å². The van der Waals surface area contributed by atoms with Crippen molar-refractivity contribution in [1.82, 2.24) is 15.4 Å². The van der Waals surface area contributed by atoms with Gasteiger partial charge in [0, 0.05) is 26.2 Å². The smallest absolute Gasteiger partial charge is 0.208 e. The average Bonchev–Trinajstić information content (AvgIpc) is 2.89. The molecule has 1 saturated carbocycles. The lowest BCUT2D eigenvalue weighted by molar-refractivity contribution is 0.297. The number of aliphatic imine (C=N–C) groups is 1. The van der Waals surface area contributed by atoms with E-state index in [1.165, 1.54) is 32.1 Å². The fourth-order valence-electron chi connectivity index (χ4n) is 2.75. The molecule has 3 N–H and O–H groups in total. The third kappa shape index (κ3) is 7.13. The van der Waals surface area contributed by atoms with Crippen LogP contribution in [0.15, 0.2) is 4.99 Å². The summed E-state index contributed by atoms with van der Waals surface area (Å²) in [5.74, 6) is 0.771. The number of hydrogen-bond donors (Lipinski definition) is 3. The molecule has 7 heteroatoms. The molecule has 1 fully saturated rings. The van der Waals surface area contributed by atoms with E-state index in [1.54, 1.807) is 0 Å². The molecule has 0 amide bonds. The van der Waals surface area contributed by atoms with Crippen LogP contribution in [-0.2, 0) is 10.0 Å². The molecule has 0 saturated heterocycles. The van der Waals surface area contributed by atoms with Gasteiger partial charge < -0.3 is 10.6 Å². The molecule has 124 valence electrons. The maximum atomic E-state index is 11.0. The number of rotatable bonds is 8. The summed E-state index contributed by atoms with van der Waals surface area (Å²) in [6.07, 6.45) is 7.49. The van der Waals surface area contributed by atoms with E-state index in [9.17, 15) is 8.42 Å². The molecular weight excluding hydrogens is 288 g/mol. The van der Waals surface area contributed by atoms with Crippen LogP contribution < -0.4 is 15.4 Å². The third-order valence-electron chi connectivity index (χ3n) is 4.11. The average molecular weight is 318 g/mol. The highest BCUT2D eigenvalue weighted by molar-refractivity contribution is 7.88. The minimum Gasteiger partial charge on any atom is -0.357 e. The number of nitrogens with one attached hydrogen (secondary N) is 3. The zero-order chi connectivity index (χ0) is 15.8. The molecule has 1 aliphatic rings. The Morgan fingerprint density at radius 3 is 2.33 bits per heavy atom. The van der Waals surface area contributed by atoms with Crippen molar-refractivity contribution in [2.24, 2.45) is 10.4 Å². The summed E-state index contributed by atoms with van der Waals surface area (Å²) in [6.45, 7) is 6.80.